The van der Waals surface area contributed by atoms with Gasteiger partial charge in [0.2, 0.25) is 0 Å². The Morgan fingerprint density at radius 3 is 2.04 bits per heavy atom. The first kappa shape index (κ1) is 25.2. The van der Waals surface area contributed by atoms with Crippen molar-refractivity contribution in [3.05, 3.63) is 0 Å². The molecule has 0 rings (SSSR count). The summed E-state index contributed by atoms with van der Waals surface area (Å²) in [5.41, 5.74) is -1.15. The van der Waals surface area contributed by atoms with Crippen LogP contribution in [0.2, 0.25) is 0 Å². The molecule has 8 nitrogen and oxygen atoms in total. The molecule has 0 aliphatic carbocycles. The molecule has 0 heterocycles. The molecule has 0 bridgehead atoms. The third-order valence-corrected chi connectivity index (χ3v) is 3.08. The molecule has 0 aromatic rings. The van der Waals surface area contributed by atoms with Gasteiger partial charge in [-0.05, 0) is 67.7 Å². The maximum Gasteiger partial charge on any atom is 0.407 e. The van der Waals surface area contributed by atoms with Crippen molar-refractivity contribution in [2.24, 2.45) is 0 Å². The molecule has 0 aliphatic rings. The highest BCUT2D eigenvalue weighted by Crippen LogP contribution is 2.12. The van der Waals surface area contributed by atoms with E-state index in [0.29, 0.717) is 25.8 Å². The normalized spacial score (nSPS) is 12.9. The second-order valence-corrected chi connectivity index (χ2v) is 8.20. The summed E-state index contributed by atoms with van der Waals surface area (Å²) in [5, 5.41) is 5.57. The summed E-state index contributed by atoms with van der Waals surface area (Å²) in [6.45, 7) is 13.2. The van der Waals surface area contributed by atoms with Crippen molar-refractivity contribution in [1.29, 1.82) is 0 Å². The highest BCUT2D eigenvalue weighted by molar-refractivity contribution is 5.78. The molecule has 0 spiro atoms. The van der Waals surface area contributed by atoms with Gasteiger partial charge in [-0.1, -0.05) is 0 Å². The maximum atomic E-state index is 12.3. The van der Waals surface area contributed by atoms with E-state index in [-0.39, 0.29) is 13.2 Å². The molecule has 1 unspecified atom stereocenters. The monoisotopic (exact) mass is 388 g/mol. The zero-order valence-corrected chi connectivity index (χ0v) is 17.8. The molecule has 0 radical (unpaired) electrons. The first-order chi connectivity index (χ1) is 12.3. The van der Waals surface area contributed by atoms with E-state index < -0.39 is 35.3 Å². The van der Waals surface area contributed by atoms with Gasteiger partial charge < -0.3 is 19.5 Å². The Labute approximate surface area is 162 Å². The van der Waals surface area contributed by atoms with E-state index in [1.165, 1.54) is 0 Å². The van der Waals surface area contributed by atoms with Gasteiger partial charge in [-0.2, -0.15) is 0 Å². The molecule has 8 heteroatoms. The molecule has 0 fully saturated rings. The number of carbonyl (C=O) groups is 3. The second kappa shape index (κ2) is 11.8. The third kappa shape index (κ3) is 15.0. The maximum absolute atomic E-state index is 12.3. The van der Waals surface area contributed by atoms with Crippen LogP contribution >= 0.6 is 0 Å². The van der Waals surface area contributed by atoms with Crippen LogP contribution in [0.3, 0.4) is 0 Å². The molecule has 158 valence electrons. The summed E-state index contributed by atoms with van der Waals surface area (Å²) in [5.74, 6) is -0.829. The van der Waals surface area contributed by atoms with Crippen LogP contribution in [0.15, 0.2) is 0 Å². The van der Waals surface area contributed by atoms with Gasteiger partial charge in [0.1, 0.15) is 17.2 Å². The smallest absolute Gasteiger partial charge is 0.407 e. The van der Waals surface area contributed by atoms with Crippen LogP contribution in [0.5, 0.6) is 0 Å². The second-order valence-electron chi connectivity index (χ2n) is 8.20. The molecule has 0 aliphatic heterocycles. The van der Waals surface area contributed by atoms with Gasteiger partial charge in [-0.3, -0.25) is 14.9 Å². The van der Waals surface area contributed by atoms with Gasteiger partial charge in [-0.25, -0.2) is 4.79 Å². The van der Waals surface area contributed by atoms with E-state index in [9.17, 15) is 14.4 Å². The Bertz CT molecular complexity index is 480. The van der Waals surface area contributed by atoms with E-state index in [0.717, 1.165) is 0 Å². The topological polar surface area (TPSA) is 103 Å². The summed E-state index contributed by atoms with van der Waals surface area (Å²) >= 11 is 0. The van der Waals surface area contributed by atoms with Crippen LogP contribution in [-0.4, -0.2) is 55.0 Å². The predicted molar refractivity (Wildman–Crippen MR) is 102 cm³/mol. The van der Waals surface area contributed by atoms with Gasteiger partial charge in [0.25, 0.3) is 0 Å². The van der Waals surface area contributed by atoms with Crippen LogP contribution in [0.4, 0.5) is 4.79 Å². The van der Waals surface area contributed by atoms with E-state index >= 15 is 0 Å². The van der Waals surface area contributed by atoms with Gasteiger partial charge >= 0.3 is 18.0 Å². The lowest BCUT2D eigenvalue weighted by Gasteiger charge is -2.24. The minimum absolute atomic E-state index is 0.0616. The lowest BCUT2D eigenvalue weighted by Crippen LogP contribution is -2.43. The first-order valence-corrected chi connectivity index (χ1v) is 9.43. The number of rotatable bonds is 10. The third-order valence-electron chi connectivity index (χ3n) is 3.08. The Morgan fingerprint density at radius 2 is 1.52 bits per heavy atom. The largest absolute Gasteiger partial charge is 0.465 e. The number of amides is 1. The number of ether oxygens (including phenoxy) is 3. The van der Waals surface area contributed by atoms with E-state index in [4.69, 9.17) is 14.2 Å². The zero-order valence-electron chi connectivity index (χ0n) is 17.8. The Balaban J connectivity index is 4.39. The number of unbranched alkanes of at least 4 members (excludes halogenated alkanes) is 1. The zero-order chi connectivity index (χ0) is 21.1. The van der Waals surface area contributed by atoms with Gasteiger partial charge in [-0.15, -0.1) is 0 Å². The minimum Gasteiger partial charge on any atom is -0.465 e. The molecule has 27 heavy (non-hydrogen) atoms. The number of hydrogen-bond acceptors (Lipinski definition) is 7. The minimum atomic E-state index is -0.616. The summed E-state index contributed by atoms with van der Waals surface area (Å²) in [6.07, 6.45) is 1.34. The number of alkyl carbamates (subject to hydrolysis) is 1. The molecule has 1 atom stereocenters. The fourth-order valence-electron chi connectivity index (χ4n) is 2.07. The molecule has 1 amide bonds. The standard InChI is InChI=1S/C19H36N2O6/c1-8-25-15(22)13-21-14(16(23)26-18(2,3)4)11-9-10-12-20-17(24)27-19(5,6)7/h14,21H,8-13H2,1-7H3,(H,20,24). The fourth-order valence-corrected chi connectivity index (χ4v) is 2.07. The fraction of sp³-hybridized carbons (Fsp3) is 0.842. The molecule has 2 N–H and O–H groups in total. The van der Waals surface area contributed by atoms with Gasteiger partial charge in [0, 0.05) is 6.54 Å². The van der Waals surface area contributed by atoms with Crippen LogP contribution in [0, 0.1) is 0 Å². The average molecular weight is 389 g/mol. The lowest BCUT2D eigenvalue weighted by atomic mass is 10.1. The summed E-state index contributed by atoms with van der Waals surface area (Å²) in [7, 11) is 0. The van der Waals surface area contributed by atoms with Crippen molar-refractivity contribution in [2.75, 3.05) is 19.7 Å². The highest BCUT2D eigenvalue weighted by atomic mass is 16.6. The van der Waals surface area contributed by atoms with Crippen molar-refractivity contribution in [2.45, 2.75) is 85.0 Å². The summed E-state index contributed by atoms with van der Waals surface area (Å²) in [6, 6.07) is -0.616. The SMILES string of the molecule is CCOC(=O)CNC(CCCCNC(=O)OC(C)(C)C)C(=O)OC(C)(C)C. The predicted octanol–water partition coefficient (Wildman–Crippen LogP) is 2.54. The summed E-state index contributed by atoms with van der Waals surface area (Å²) < 4.78 is 15.4. The average Bonchev–Trinajstić information content (AvgIpc) is 2.46. The molecular weight excluding hydrogens is 352 g/mol. The number of carbonyl (C=O) groups excluding carboxylic acids is 3. The van der Waals surface area contributed by atoms with Crippen molar-refractivity contribution >= 4 is 18.0 Å². The van der Waals surface area contributed by atoms with Crippen molar-refractivity contribution in [1.82, 2.24) is 10.6 Å². The van der Waals surface area contributed by atoms with E-state index in [1.807, 2.05) is 0 Å². The number of nitrogens with one attached hydrogen (secondary N) is 2. The van der Waals surface area contributed by atoms with Crippen LogP contribution < -0.4 is 10.6 Å². The molecule has 0 aromatic heterocycles. The Morgan fingerprint density at radius 1 is 0.926 bits per heavy atom. The molecule has 0 saturated heterocycles. The van der Waals surface area contributed by atoms with Crippen LogP contribution in [-0.2, 0) is 23.8 Å². The molecular formula is C19H36N2O6. The van der Waals surface area contributed by atoms with Crippen molar-refractivity contribution in [3.63, 3.8) is 0 Å². The number of esters is 2. The van der Waals surface area contributed by atoms with Crippen LogP contribution in [0.1, 0.15) is 67.7 Å². The van der Waals surface area contributed by atoms with Crippen LogP contribution in [0.25, 0.3) is 0 Å². The van der Waals surface area contributed by atoms with Crippen molar-refractivity contribution in [3.8, 4) is 0 Å². The molecule has 0 saturated carbocycles. The number of hydrogen-bond donors (Lipinski definition) is 2. The van der Waals surface area contributed by atoms with Gasteiger partial charge in [0.05, 0.1) is 13.2 Å². The summed E-state index contributed by atoms with van der Waals surface area (Å²) in [4.78, 5) is 35.4. The molecule has 0 aromatic carbocycles. The quantitative estimate of drug-likeness (QED) is 0.337. The van der Waals surface area contributed by atoms with Gasteiger partial charge in [0.15, 0.2) is 0 Å². The highest BCUT2D eigenvalue weighted by Gasteiger charge is 2.25. The Hall–Kier alpha value is -1.83. The van der Waals surface area contributed by atoms with E-state index in [1.54, 1.807) is 48.5 Å². The van der Waals surface area contributed by atoms with E-state index in [2.05, 4.69) is 10.6 Å². The van der Waals surface area contributed by atoms with Crippen molar-refractivity contribution < 1.29 is 28.6 Å². The lowest BCUT2D eigenvalue weighted by molar-refractivity contribution is -0.158. The first-order valence-electron chi connectivity index (χ1n) is 9.43. The Kier molecular flexibility index (Phi) is 11.0.